The number of hydrogen-bond donors (Lipinski definition) is 0. The van der Waals surface area contributed by atoms with Crippen LogP contribution in [0.15, 0.2) is 54.7 Å². The van der Waals surface area contributed by atoms with Crippen LogP contribution in [0.4, 0.5) is 4.39 Å². The lowest BCUT2D eigenvalue weighted by atomic mass is 9.75. The summed E-state index contributed by atoms with van der Waals surface area (Å²) in [6, 6.07) is 13.7. The zero-order chi connectivity index (χ0) is 20.8. The van der Waals surface area contributed by atoms with Crippen molar-refractivity contribution < 1.29 is 14.0 Å². The fourth-order valence-electron chi connectivity index (χ4n) is 5.20. The fraction of sp³-hybridized carbons (Fsp3) is 0.320. The number of nitrogens with zero attached hydrogens (tertiary/aromatic N) is 2. The molecule has 152 valence electrons. The summed E-state index contributed by atoms with van der Waals surface area (Å²) in [5.41, 5.74) is 2.98. The van der Waals surface area contributed by atoms with Crippen LogP contribution in [0, 0.1) is 11.7 Å². The number of carbonyl (C=O) groups excluding carboxylic acids is 2. The zero-order valence-electron chi connectivity index (χ0n) is 16.8. The van der Waals surface area contributed by atoms with Crippen LogP contribution >= 0.6 is 0 Å². The molecule has 1 aliphatic carbocycles. The van der Waals surface area contributed by atoms with Gasteiger partial charge in [0.1, 0.15) is 5.82 Å². The van der Waals surface area contributed by atoms with E-state index in [1.54, 1.807) is 42.6 Å². The highest BCUT2D eigenvalue weighted by molar-refractivity contribution is 6.21. The molecule has 0 saturated heterocycles. The van der Waals surface area contributed by atoms with Gasteiger partial charge in [0.15, 0.2) is 0 Å². The molecule has 1 aromatic heterocycles. The van der Waals surface area contributed by atoms with Gasteiger partial charge in [-0.1, -0.05) is 12.1 Å². The standard InChI is InChI=1S/C25H23FN2O2/c1-15(28-24(29)20-4-2-3-5-21(20)25(28)30)16-6-8-17(9-7-16)19-12-13-27-23-11-10-18(26)14-22(19)23/h2-5,10-17H,6-9H2,1H3. The molecule has 1 aliphatic heterocycles. The van der Waals surface area contributed by atoms with Crippen molar-refractivity contribution in [3.05, 3.63) is 77.2 Å². The van der Waals surface area contributed by atoms with Gasteiger partial charge >= 0.3 is 0 Å². The van der Waals surface area contributed by atoms with E-state index in [9.17, 15) is 14.0 Å². The van der Waals surface area contributed by atoms with Crippen LogP contribution in [0.3, 0.4) is 0 Å². The molecule has 2 heterocycles. The van der Waals surface area contributed by atoms with E-state index >= 15 is 0 Å². The smallest absolute Gasteiger partial charge is 0.261 e. The van der Waals surface area contributed by atoms with Crippen molar-refractivity contribution in [2.45, 2.75) is 44.6 Å². The summed E-state index contributed by atoms with van der Waals surface area (Å²) in [4.78, 5) is 31.4. The summed E-state index contributed by atoms with van der Waals surface area (Å²) >= 11 is 0. The summed E-state index contributed by atoms with van der Waals surface area (Å²) in [6.45, 7) is 1.99. The number of amides is 2. The van der Waals surface area contributed by atoms with Gasteiger partial charge in [0.05, 0.1) is 16.6 Å². The topological polar surface area (TPSA) is 50.3 Å². The Morgan fingerprint density at radius 3 is 2.30 bits per heavy atom. The highest BCUT2D eigenvalue weighted by Crippen LogP contribution is 2.41. The number of rotatable bonds is 3. The Labute approximate surface area is 174 Å². The number of fused-ring (bicyclic) bond motifs is 2. The maximum absolute atomic E-state index is 13.8. The van der Waals surface area contributed by atoms with Crippen LogP contribution in [-0.4, -0.2) is 27.7 Å². The van der Waals surface area contributed by atoms with Gasteiger partial charge in [-0.25, -0.2) is 4.39 Å². The third-order valence-corrected chi connectivity index (χ3v) is 6.86. The maximum Gasteiger partial charge on any atom is 0.261 e. The summed E-state index contributed by atoms with van der Waals surface area (Å²) in [7, 11) is 0. The minimum absolute atomic E-state index is 0.134. The molecule has 0 N–H and O–H groups in total. The van der Waals surface area contributed by atoms with Gasteiger partial charge in [-0.2, -0.15) is 0 Å². The molecule has 0 spiro atoms. The fourth-order valence-corrected chi connectivity index (χ4v) is 5.20. The van der Waals surface area contributed by atoms with Crippen molar-refractivity contribution in [2.75, 3.05) is 0 Å². The number of hydrogen-bond acceptors (Lipinski definition) is 3. The molecule has 30 heavy (non-hydrogen) atoms. The highest BCUT2D eigenvalue weighted by atomic mass is 19.1. The first-order valence-electron chi connectivity index (χ1n) is 10.6. The Morgan fingerprint density at radius 2 is 1.63 bits per heavy atom. The molecule has 5 heteroatoms. The van der Waals surface area contributed by atoms with Crippen LogP contribution in [0.1, 0.15) is 64.8 Å². The van der Waals surface area contributed by atoms with Gasteiger partial charge in [-0.3, -0.25) is 19.5 Å². The first kappa shape index (κ1) is 18.9. The van der Waals surface area contributed by atoms with E-state index in [0.29, 0.717) is 17.0 Å². The normalized spacial score (nSPS) is 22.4. The van der Waals surface area contributed by atoms with E-state index in [2.05, 4.69) is 4.98 Å². The predicted octanol–water partition coefficient (Wildman–Crippen LogP) is 5.33. The van der Waals surface area contributed by atoms with Gasteiger partial charge in [0, 0.05) is 17.6 Å². The molecule has 5 rings (SSSR count). The average molecular weight is 402 g/mol. The molecule has 4 nitrogen and oxygen atoms in total. The molecule has 1 unspecified atom stereocenters. The lowest BCUT2D eigenvalue weighted by Gasteiger charge is -2.36. The van der Waals surface area contributed by atoms with E-state index in [0.717, 1.165) is 42.1 Å². The van der Waals surface area contributed by atoms with Crippen molar-refractivity contribution in [2.24, 2.45) is 5.92 Å². The van der Waals surface area contributed by atoms with Crippen molar-refractivity contribution in [1.82, 2.24) is 9.88 Å². The van der Waals surface area contributed by atoms with Crippen molar-refractivity contribution >= 4 is 22.7 Å². The third-order valence-electron chi connectivity index (χ3n) is 6.86. The maximum atomic E-state index is 13.8. The minimum atomic E-state index is -0.246. The van der Waals surface area contributed by atoms with E-state index < -0.39 is 0 Å². The number of benzene rings is 2. The quantitative estimate of drug-likeness (QED) is 0.556. The van der Waals surface area contributed by atoms with Gasteiger partial charge in [0.2, 0.25) is 0 Å². The number of halogens is 1. The van der Waals surface area contributed by atoms with Gasteiger partial charge in [-0.05, 0) is 86.4 Å². The second-order valence-corrected chi connectivity index (χ2v) is 8.44. The Bertz CT molecular complexity index is 1120. The lowest BCUT2D eigenvalue weighted by molar-refractivity contribution is 0.0516. The van der Waals surface area contributed by atoms with Gasteiger partial charge in [-0.15, -0.1) is 0 Å². The molecule has 3 aromatic rings. The van der Waals surface area contributed by atoms with Crippen LogP contribution in [0.2, 0.25) is 0 Å². The Hall–Kier alpha value is -3.08. The molecule has 0 radical (unpaired) electrons. The molecule has 2 amide bonds. The van der Waals surface area contributed by atoms with E-state index in [1.807, 2.05) is 13.0 Å². The first-order valence-corrected chi connectivity index (χ1v) is 10.6. The Balaban J connectivity index is 1.33. The SMILES string of the molecule is CC(C1CCC(c2ccnc3ccc(F)cc23)CC1)N1C(=O)c2ccccc2C1=O. The molecule has 1 saturated carbocycles. The molecular weight excluding hydrogens is 379 g/mol. The molecule has 2 aliphatic rings. The van der Waals surface area contributed by atoms with E-state index in [-0.39, 0.29) is 29.6 Å². The Kier molecular flexibility index (Phi) is 4.61. The number of imide groups is 1. The van der Waals surface area contributed by atoms with Crippen molar-refractivity contribution in [3.8, 4) is 0 Å². The van der Waals surface area contributed by atoms with Crippen LogP contribution in [0.25, 0.3) is 10.9 Å². The number of carbonyl (C=O) groups is 2. The number of pyridine rings is 1. The second-order valence-electron chi connectivity index (χ2n) is 8.44. The van der Waals surface area contributed by atoms with E-state index in [4.69, 9.17) is 0 Å². The molecule has 0 bridgehead atoms. The predicted molar refractivity (Wildman–Crippen MR) is 113 cm³/mol. The highest BCUT2D eigenvalue weighted by Gasteiger charge is 2.41. The summed E-state index contributed by atoms with van der Waals surface area (Å²) in [5.74, 6) is 0.00237. The first-order chi connectivity index (χ1) is 14.5. The molecule has 2 aromatic carbocycles. The van der Waals surface area contributed by atoms with Crippen LogP contribution in [-0.2, 0) is 0 Å². The van der Waals surface area contributed by atoms with Crippen LogP contribution < -0.4 is 0 Å². The van der Waals surface area contributed by atoms with Crippen molar-refractivity contribution in [3.63, 3.8) is 0 Å². The molecule has 1 atom stereocenters. The molecular formula is C25H23FN2O2. The monoisotopic (exact) mass is 402 g/mol. The van der Waals surface area contributed by atoms with Crippen LogP contribution in [0.5, 0.6) is 0 Å². The summed E-state index contributed by atoms with van der Waals surface area (Å²) in [5, 5.41) is 0.884. The largest absolute Gasteiger partial charge is 0.271 e. The lowest BCUT2D eigenvalue weighted by Crippen LogP contribution is -2.43. The number of aromatic nitrogens is 1. The molecule has 1 fully saturated rings. The minimum Gasteiger partial charge on any atom is -0.271 e. The van der Waals surface area contributed by atoms with Gasteiger partial charge < -0.3 is 0 Å². The summed E-state index contributed by atoms with van der Waals surface area (Å²) in [6.07, 6.45) is 5.56. The van der Waals surface area contributed by atoms with E-state index in [1.165, 1.54) is 11.0 Å². The summed E-state index contributed by atoms with van der Waals surface area (Å²) < 4.78 is 13.8. The Morgan fingerprint density at radius 1 is 0.967 bits per heavy atom. The third kappa shape index (κ3) is 3.00. The second kappa shape index (κ2) is 7.31. The van der Waals surface area contributed by atoms with Gasteiger partial charge in [0.25, 0.3) is 11.8 Å². The average Bonchev–Trinajstić information content (AvgIpc) is 3.03. The van der Waals surface area contributed by atoms with Crippen molar-refractivity contribution in [1.29, 1.82) is 0 Å². The zero-order valence-corrected chi connectivity index (χ0v) is 16.8.